The third-order valence-corrected chi connectivity index (χ3v) is 2.92. The van der Waals surface area contributed by atoms with Crippen LogP contribution >= 0.6 is 11.3 Å². The summed E-state index contributed by atoms with van der Waals surface area (Å²) in [5.74, 6) is 0. The predicted molar refractivity (Wildman–Crippen MR) is 63.4 cm³/mol. The minimum Gasteiger partial charge on any atom is -0.378 e. The molecule has 0 saturated carbocycles. The fourth-order valence-electron chi connectivity index (χ4n) is 1.33. The topological polar surface area (TPSA) is 52.0 Å². The van der Waals surface area contributed by atoms with Crippen molar-refractivity contribution in [3.8, 4) is 0 Å². The molecule has 0 radical (unpaired) electrons. The summed E-state index contributed by atoms with van der Waals surface area (Å²) in [6.45, 7) is 1.30. The van der Waals surface area contributed by atoms with E-state index >= 15 is 0 Å². The highest BCUT2D eigenvalue weighted by molar-refractivity contribution is 7.09. The SMILES string of the molecule is COCc1nc(CNc2cnn(C)c2)cs1. The van der Waals surface area contributed by atoms with Crippen LogP contribution in [0.15, 0.2) is 17.8 Å². The fraction of sp³-hybridized carbons (Fsp3) is 0.400. The first kappa shape index (κ1) is 11.1. The number of aromatic nitrogens is 3. The number of methoxy groups -OCH3 is 1. The average molecular weight is 238 g/mol. The highest BCUT2D eigenvalue weighted by atomic mass is 32.1. The lowest BCUT2D eigenvalue weighted by molar-refractivity contribution is 0.184. The fourth-order valence-corrected chi connectivity index (χ4v) is 2.09. The molecule has 0 fully saturated rings. The van der Waals surface area contributed by atoms with Crippen LogP contribution in [-0.2, 0) is 24.9 Å². The molecular formula is C10H14N4OS. The maximum atomic E-state index is 5.02. The van der Waals surface area contributed by atoms with Gasteiger partial charge < -0.3 is 10.1 Å². The van der Waals surface area contributed by atoms with Crippen molar-refractivity contribution in [3.63, 3.8) is 0 Å². The average Bonchev–Trinajstić information content (AvgIpc) is 2.85. The molecule has 16 heavy (non-hydrogen) atoms. The third kappa shape index (κ3) is 2.80. The Morgan fingerprint density at radius 2 is 2.44 bits per heavy atom. The van der Waals surface area contributed by atoms with Crippen LogP contribution in [-0.4, -0.2) is 21.9 Å². The first-order valence-corrected chi connectivity index (χ1v) is 5.80. The number of ether oxygens (including phenoxy) is 1. The Kier molecular flexibility index (Phi) is 3.53. The minimum atomic E-state index is 0.581. The second kappa shape index (κ2) is 5.09. The van der Waals surface area contributed by atoms with Crippen molar-refractivity contribution in [3.05, 3.63) is 28.5 Å². The van der Waals surface area contributed by atoms with Gasteiger partial charge in [0.25, 0.3) is 0 Å². The lowest BCUT2D eigenvalue weighted by Crippen LogP contribution is -1.99. The molecule has 0 bridgehead atoms. The third-order valence-electron chi connectivity index (χ3n) is 2.05. The van der Waals surface area contributed by atoms with E-state index in [1.165, 1.54) is 0 Å². The van der Waals surface area contributed by atoms with Crippen molar-refractivity contribution < 1.29 is 4.74 Å². The van der Waals surface area contributed by atoms with Crippen LogP contribution in [0, 0.1) is 0 Å². The van der Waals surface area contributed by atoms with E-state index in [2.05, 4.69) is 15.4 Å². The lowest BCUT2D eigenvalue weighted by atomic mass is 10.4. The van der Waals surface area contributed by atoms with Crippen LogP contribution in [0.3, 0.4) is 0 Å². The van der Waals surface area contributed by atoms with Crippen molar-refractivity contribution in [2.24, 2.45) is 7.05 Å². The molecule has 0 spiro atoms. The van der Waals surface area contributed by atoms with E-state index in [0.29, 0.717) is 13.2 Å². The molecule has 0 aliphatic heterocycles. The molecule has 1 N–H and O–H groups in total. The summed E-state index contributed by atoms with van der Waals surface area (Å²) >= 11 is 1.62. The molecule has 0 aromatic carbocycles. The lowest BCUT2D eigenvalue weighted by Gasteiger charge is -1.99. The second-order valence-electron chi connectivity index (χ2n) is 3.42. The monoisotopic (exact) mass is 238 g/mol. The molecule has 0 aliphatic rings. The molecule has 5 nitrogen and oxygen atoms in total. The molecule has 2 rings (SSSR count). The first-order chi connectivity index (χ1) is 7.78. The zero-order valence-electron chi connectivity index (χ0n) is 9.30. The summed E-state index contributed by atoms with van der Waals surface area (Å²) in [7, 11) is 3.57. The molecule has 0 amide bonds. The molecule has 2 heterocycles. The summed E-state index contributed by atoms with van der Waals surface area (Å²) in [5, 5.41) is 10.4. The molecule has 0 unspecified atom stereocenters. The van der Waals surface area contributed by atoms with Crippen molar-refractivity contribution in [1.29, 1.82) is 0 Å². The smallest absolute Gasteiger partial charge is 0.119 e. The van der Waals surface area contributed by atoms with E-state index in [9.17, 15) is 0 Å². The Bertz CT molecular complexity index is 451. The summed E-state index contributed by atoms with van der Waals surface area (Å²) in [5.41, 5.74) is 2.03. The number of rotatable bonds is 5. The zero-order chi connectivity index (χ0) is 11.4. The Morgan fingerprint density at radius 1 is 1.56 bits per heavy atom. The van der Waals surface area contributed by atoms with Gasteiger partial charge >= 0.3 is 0 Å². The number of anilines is 1. The highest BCUT2D eigenvalue weighted by Crippen LogP contribution is 2.12. The molecule has 2 aromatic rings. The van der Waals surface area contributed by atoms with Crippen LogP contribution in [0.4, 0.5) is 5.69 Å². The Balaban J connectivity index is 1.89. The number of hydrogen-bond donors (Lipinski definition) is 1. The van der Waals surface area contributed by atoms with Crippen LogP contribution in [0.1, 0.15) is 10.7 Å². The van der Waals surface area contributed by atoms with E-state index in [0.717, 1.165) is 16.4 Å². The van der Waals surface area contributed by atoms with Crippen molar-refractivity contribution >= 4 is 17.0 Å². The summed E-state index contributed by atoms with van der Waals surface area (Å²) in [6, 6.07) is 0. The van der Waals surface area contributed by atoms with E-state index < -0.39 is 0 Å². The van der Waals surface area contributed by atoms with E-state index in [-0.39, 0.29) is 0 Å². The van der Waals surface area contributed by atoms with Crippen molar-refractivity contribution in [1.82, 2.24) is 14.8 Å². The van der Waals surface area contributed by atoms with E-state index in [1.807, 2.05) is 18.6 Å². The van der Waals surface area contributed by atoms with Crippen molar-refractivity contribution in [2.75, 3.05) is 12.4 Å². The highest BCUT2D eigenvalue weighted by Gasteiger charge is 2.02. The van der Waals surface area contributed by atoms with Gasteiger partial charge in [0.15, 0.2) is 0 Å². The van der Waals surface area contributed by atoms with Gasteiger partial charge in [0.05, 0.1) is 30.7 Å². The maximum absolute atomic E-state index is 5.02. The van der Waals surface area contributed by atoms with Crippen LogP contribution in [0.2, 0.25) is 0 Å². The number of nitrogens with zero attached hydrogens (tertiary/aromatic N) is 3. The number of aryl methyl sites for hydroxylation is 1. The zero-order valence-corrected chi connectivity index (χ0v) is 10.1. The second-order valence-corrected chi connectivity index (χ2v) is 4.36. The predicted octanol–water partition coefficient (Wildman–Crippen LogP) is 1.64. The van der Waals surface area contributed by atoms with E-state index in [1.54, 1.807) is 29.3 Å². The number of thiazole rings is 1. The molecular weight excluding hydrogens is 224 g/mol. The maximum Gasteiger partial charge on any atom is 0.119 e. The van der Waals surface area contributed by atoms with Gasteiger partial charge in [0, 0.05) is 25.7 Å². The van der Waals surface area contributed by atoms with Crippen LogP contribution in [0.5, 0.6) is 0 Å². The summed E-state index contributed by atoms with van der Waals surface area (Å²) < 4.78 is 6.79. The van der Waals surface area contributed by atoms with Crippen LogP contribution < -0.4 is 5.32 Å². The Hall–Kier alpha value is -1.40. The molecule has 6 heteroatoms. The minimum absolute atomic E-state index is 0.581. The van der Waals surface area contributed by atoms with Gasteiger partial charge in [-0.15, -0.1) is 11.3 Å². The van der Waals surface area contributed by atoms with Gasteiger partial charge in [0.2, 0.25) is 0 Å². The largest absolute Gasteiger partial charge is 0.378 e. The summed E-state index contributed by atoms with van der Waals surface area (Å²) in [4.78, 5) is 4.43. The summed E-state index contributed by atoms with van der Waals surface area (Å²) in [6.07, 6.45) is 3.73. The number of hydrogen-bond acceptors (Lipinski definition) is 5. The molecule has 86 valence electrons. The quantitative estimate of drug-likeness (QED) is 0.860. The van der Waals surface area contributed by atoms with Gasteiger partial charge in [-0.1, -0.05) is 0 Å². The van der Waals surface area contributed by atoms with E-state index in [4.69, 9.17) is 4.74 Å². The van der Waals surface area contributed by atoms with Gasteiger partial charge in [-0.2, -0.15) is 5.10 Å². The van der Waals surface area contributed by atoms with Crippen molar-refractivity contribution in [2.45, 2.75) is 13.2 Å². The Morgan fingerprint density at radius 3 is 3.12 bits per heavy atom. The molecule has 0 aliphatic carbocycles. The first-order valence-electron chi connectivity index (χ1n) is 4.92. The number of nitrogens with one attached hydrogen (secondary N) is 1. The van der Waals surface area contributed by atoms with Gasteiger partial charge in [-0.25, -0.2) is 4.98 Å². The Labute approximate surface area is 98.1 Å². The van der Waals surface area contributed by atoms with Gasteiger partial charge in [-0.05, 0) is 0 Å². The van der Waals surface area contributed by atoms with Crippen LogP contribution in [0.25, 0.3) is 0 Å². The van der Waals surface area contributed by atoms with Gasteiger partial charge in [-0.3, -0.25) is 4.68 Å². The normalized spacial score (nSPS) is 10.6. The molecule has 0 saturated heterocycles. The standard InChI is InChI=1S/C10H14N4OS/c1-14-5-8(4-12-14)11-3-9-7-16-10(13-9)6-15-2/h4-5,7,11H,3,6H2,1-2H3. The molecule has 2 aromatic heterocycles. The van der Waals surface area contributed by atoms with Gasteiger partial charge in [0.1, 0.15) is 5.01 Å². The molecule has 0 atom stereocenters.